The summed E-state index contributed by atoms with van der Waals surface area (Å²) in [6.07, 6.45) is 38.6. The number of carboxylic acid groups (broad SMARTS) is 2. The quantitative estimate of drug-likeness (QED) is 0.0587. The zero-order valence-electron chi connectivity index (χ0n) is 42.7. The highest BCUT2D eigenvalue weighted by molar-refractivity contribution is 5.75. The second-order valence-corrected chi connectivity index (χ2v) is 20.6. The fraction of sp³-hybridized carbons (Fsp3) is 0.944. The number of ether oxygens (including phenoxy) is 1. The lowest BCUT2D eigenvalue weighted by Gasteiger charge is -2.30. The number of hydrogen-bond donors (Lipinski definition) is 2. The molecule has 0 radical (unpaired) electrons. The Balaban J connectivity index is 5.35. The lowest BCUT2D eigenvalue weighted by atomic mass is 9.74. The lowest BCUT2D eigenvalue weighted by molar-refractivity contribution is -0.151. The lowest BCUT2D eigenvalue weighted by Crippen LogP contribution is -2.35. The van der Waals surface area contributed by atoms with Crippen LogP contribution in [0.25, 0.3) is 0 Å². The summed E-state index contributed by atoms with van der Waals surface area (Å²) in [6, 6.07) is 0. The average molecular weight is 879 g/mol. The Kier molecular flexibility index (Phi) is 37.3. The maximum absolute atomic E-state index is 12.9. The zero-order valence-corrected chi connectivity index (χ0v) is 42.7. The van der Waals surface area contributed by atoms with Gasteiger partial charge in [-0.3, -0.25) is 9.59 Å². The van der Waals surface area contributed by atoms with Crippen LogP contribution in [-0.2, 0) is 14.3 Å². The topological polar surface area (TPSA) is 107 Å². The molecule has 8 heteroatoms. The first-order chi connectivity index (χ1) is 29.7. The van der Waals surface area contributed by atoms with Gasteiger partial charge in [0.1, 0.15) is 5.60 Å². The van der Waals surface area contributed by atoms with E-state index in [0.717, 1.165) is 174 Å². The Labute approximate surface area is 385 Å². The molecular formula is C54H106N2O6. The van der Waals surface area contributed by atoms with Gasteiger partial charge in [-0.2, -0.15) is 0 Å². The molecule has 0 aromatic carbocycles. The summed E-state index contributed by atoms with van der Waals surface area (Å²) < 4.78 is 5.56. The highest BCUT2D eigenvalue weighted by Crippen LogP contribution is 2.39. The SMILES string of the molecule is CCCCCCCCC(CCCCCC)(CCCCCCN(CCCCCCC(CCCCCC)(CCCCCCCC)C(=O)O)CCCCN(C)C(=O)OC(C)(C)C)C(=O)O. The summed E-state index contributed by atoms with van der Waals surface area (Å²) in [5.41, 5.74) is -1.63. The van der Waals surface area contributed by atoms with E-state index in [9.17, 15) is 24.6 Å². The van der Waals surface area contributed by atoms with Crippen molar-refractivity contribution in [3.05, 3.63) is 0 Å². The van der Waals surface area contributed by atoms with Gasteiger partial charge in [-0.25, -0.2) is 4.79 Å². The summed E-state index contributed by atoms with van der Waals surface area (Å²) in [6.45, 7) is 18.4. The molecule has 0 rings (SSSR count). The van der Waals surface area contributed by atoms with Crippen LogP contribution in [0.5, 0.6) is 0 Å². The molecule has 2 N–H and O–H groups in total. The van der Waals surface area contributed by atoms with Crippen LogP contribution in [0.4, 0.5) is 4.79 Å². The first kappa shape index (κ1) is 60.2. The fourth-order valence-electron chi connectivity index (χ4n) is 9.41. The molecule has 0 aromatic rings. The van der Waals surface area contributed by atoms with E-state index in [2.05, 4.69) is 32.6 Å². The van der Waals surface area contributed by atoms with Gasteiger partial charge >= 0.3 is 18.0 Å². The Morgan fingerprint density at radius 3 is 0.919 bits per heavy atom. The molecule has 2 atom stereocenters. The number of carbonyl (C=O) groups excluding carboxylic acids is 1. The van der Waals surface area contributed by atoms with Crippen molar-refractivity contribution < 1.29 is 29.3 Å². The largest absolute Gasteiger partial charge is 0.481 e. The number of carboxylic acids is 2. The number of amides is 1. The summed E-state index contributed by atoms with van der Waals surface area (Å²) >= 11 is 0. The minimum absolute atomic E-state index is 0.269. The van der Waals surface area contributed by atoms with Crippen molar-refractivity contribution in [3.8, 4) is 0 Å². The molecule has 0 bridgehead atoms. The van der Waals surface area contributed by atoms with Crippen molar-refractivity contribution in [2.45, 2.75) is 285 Å². The highest BCUT2D eigenvalue weighted by atomic mass is 16.6. The van der Waals surface area contributed by atoms with Gasteiger partial charge in [0.15, 0.2) is 0 Å². The molecule has 0 saturated carbocycles. The van der Waals surface area contributed by atoms with Crippen LogP contribution < -0.4 is 0 Å². The minimum atomic E-state index is -0.565. The predicted molar refractivity (Wildman–Crippen MR) is 264 cm³/mol. The Morgan fingerprint density at radius 1 is 0.387 bits per heavy atom. The molecule has 0 aliphatic carbocycles. The van der Waals surface area contributed by atoms with Crippen LogP contribution in [0.15, 0.2) is 0 Å². The van der Waals surface area contributed by atoms with Gasteiger partial charge in [-0.15, -0.1) is 0 Å². The smallest absolute Gasteiger partial charge is 0.410 e. The van der Waals surface area contributed by atoms with E-state index in [0.29, 0.717) is 6.54 Å². The van der Waals surface area contributed by atoms with E-state index in [1.165, 1.54) is 77.0 Å². The maximum atomic E-state index is 12.9. The van der Waals surface area contributed by atoms with E-state index in [4.69, 9.17) is 4.74 Å². The molecule has 0 fully saturated rings. The van der Waals surface area contributed by atoms with Gasteiger partial charge in [0, 0.05) is 13.6 Å². The molecule has 0 aliphatic rings. The molecule has 0 aliphatic heterocycles. The Bertz CT molecular complexity index is 1020. The van der Waals surface area contributed by atoms with Crippen molar-refractivity contribution in [3.63, 3.8) is 0 Å². The van der Waals surface area contributed by atoms with E-state index >= 15 is 0 Å². The highest BCUT2D eigenvalue weighted by Gasteiger charge is 2.37. The molecular weight excluding hydrogens is 773 g/mol. The van der Waals surface area contributed by atoms with Crippen LogP contribution in [0.1, 0.15) is 280 Å². The first-order valence-corrected chi connectivity index (χ1v) is 26.9. The van der Waals surface area contributed by atoms with E-state index < -0.39 is 28.4 Å². The van der Waals surface area contributed by atoms with Crippen molar-refractivity contribution in [1.82, 2.24) is 9.80 Å². The molecule has 0 aromatic heterocycles. The molecule has 62 heavy (non-hydrogen) atoms. The molecule has 8 nitrogen and oxygen atoms in total. The third-order valence-electron chi connectivity index (χ3n) is 13.6. The monoisotopic (exact) mass is 879 g/mol. The van der Waals surface area contributed by atoms with E-state index in [-0.39, 0.29) is 6.09 Å². The van der Waals surface area contributed by atoms with E-state index in [1.807, 2.05) is 27.8 Å². The van der Waals surface area contributed by atoms with Gasteiger partial charge in [0.05, 0.1) is 10.8 Å². The number of rotatable bonds is 45. The second kappa shape index (κ2) is 38.4. The van der Waals surface area contributed by atoms with Crippen LogP contribution >= 0.6 is 0 Å². The molecule has 0 spiro atoms. The van der Waals surface area contributed by atoms with Crippen LogP contribution in [-0.4, -0.2) is 76.9 Å². The van der Waals surface area contributed by atoms with Gasteiger partial charge in [-0.05, 0) is 105 Å². The summed E-state index contributed by atoms with van der Waals surface area (Å²) in [4.78, 5) is 42.5. The summed E-state index contributed by atoms with van der Waals surface area (Å²) in [5, 5.41) is 21.1. The predicted octanol–water partition coefficient (Wildman–Crippen LogP) is 16.4. The Hall–Kier alpha value is -1.83. The van der Waals surface area contributed by atoms with Gasteiger partial charge in [-0.1, -0.05) is 195 Å². The summed E-state index contributed by atoms with van der Waals surface area (Å²) in [5.74, 6) is -1.13. The van der Waals surface area contributed by atoms with E-state index in [1.54, 1.807) is 4.90 Å². The fourth-order valence-corrected chi connectivity index (χ4v) is 9.41. The zero-order chi connectivity index (χ0) is 46.4. The maximum Gasteiger partial charge on any atom is 0.410 e. The van der Waals surface area contributed by atoms with Gasteiger partial charge in [0.2, 0.25) is 0 Å². The number of hydrogen-bond acceptors (Lipinski definition) is 5. The minimum Gasteiger partial charge on any atom is -0.481 e. The molecule has 0 saturated heterocycles. The van der Waals surface area contributed by atoms with Crippen LogP contribution in [0, 0.1) is 10.8 Å². The number of aliphatic carboxylic acids is 2. The molecule has 1 amide bonds. The average Bonchev–Trinajstić information content (AvgIpc) is 3.22. The number of nitrogens with zero attached hydrogens (tertiary/aromatic N) is 2. The molecule has 368 valence electrons. The van der Waals surface area contributed by atoms with Gasteiger partial charge < -0.3 is 24.7 Å². The molecule has 2 unspecified atom stereocenters. The standard InChI is InChI=1S/C54H106N2O6/c1-9-13-17-21-23-31-41-53(49(57)58,39-29-19-15-11-3)43-33-25-27-35-46-56(48-38-37-45-55(8)51(61)62-52(5,6)7)47-36-28-26-34-44-54(50(59)60,40-30-20-16-12-4)42-32-24-22-18-14-10-2/h9-48H2,1-8H3,(H,57,58)(H,59,60). The normalized spacial score (nSPS) is 13.9. The van der Waals surface area contributed by atoms with Crippen LogP contribution in [0.3, 0.4) is 0 Å². The van der Waals surface area contributed by atoms with Crippen molar-refractivity contribution in [1.29, 1.82) is 0 Å². The third-order valence-corrected chi connectivity index (χ3v) is 13.6. The second-order valence-electron chi connectivity index (χ2n) is 20.6. The van der Waals surface area contributed by atoms with Crippen molar-refractivity contribution in [2.24, 2.45) is 10.8 Å². The summed E-state index contributed by atoms with van der Waals surface area (Å²) in [7, 11) is 1.82. The van der Waals surface area contributed by atoms with Crippen molar-refractivity contribution in [2.75, 3.05) is 33.2 Å². The van der Waals surface area contributed by atoms with Crippen molar-refractivity contribution >= 4 is 18.0 Å². The first-order valence-electron chi connectivity index (χ1n) is 26.9. The van der Waals surface area contributed by atoms with Gasteiger partial charge in [0.25, 0.3) is 0 Å². The number of carbonyl (C=O) groups is 3. The van der Waals surface area contributed by atoms with Crippen LogP contribution in [0.2, 0.25) is 0 Å². The third kappa shape index (κ3) is 31.1. The Morgan fingerprint density at radius 2 is 0.629 bits per heavy atom. The molecule has 0 heterocycles. The number of unbranched alkanes of at least 4 members (excludes halogenated alkanes) is 23.